The van der Waals surface area contributed by atoms with Crippen LogP contribution in [0.5, 0.6) is 5.88 Å². The molecule has 1 fully saturated rings. The Balaban J connectivity index is 1.51. The molecule has 3 aromatic rings. The number of H-pyrrole nitrogens is 1. The molecule has 7 nitrogen and oxygen atoms in total. The SMILES string of the molecule is COc1ncccc1-c1cc(=O)[nH]c([C@H]2CCN(C(=O)Cc3ccc(C)cc3)C2)n1. The third kappa shape index (κ3) is 4.25. The molecule has 154 valence electrons. The summed E-state index contributed by atoms with van der Waals surface area (Å²) in [6.07, 6.45) is 2.77. The van der Waals surface area contributed by atoms with Crippen molar-refractivity contribution in [2.75, 3.05) is 20.2 Å². The molecular weight excluding hydrogens is 380 g/mol. The predicted molar refractivity (Wildman–Crippen MR) is 113 cm³/mol. The Labute approximate surface area is 174 Å². The lowest BCUT2D eigenvalue weighted by Gasteiger charge is -2.17. The third-order valence-electron chi connectivity index (χ3n) is 5.40. The van der Waals surface area contributed by atoms with Gasteiger partial charge in [0.05, 0.1) is 24.8 Å². The second-order valence-electron chi connectivity index (χ2n) is 7.56. The number of rotatable bonds is 5. The van der Waals surface area contributed by atoms with Crippen LogP contribution in [-0.4, -0.2) is 46.0 Å². The van der Waals surface area contributed by atoms with Crippen molar-refractivity contribution < 1.29 is 9.53 Å². The molecule has 0 unspecified atom stereocenters. The number of nitrogens with one attached hydrogen (secondary N) is 1. The minimum Gasteiger partial charge on any atom is -0.481 e. The van der Waals surface area contributed by atoms with E-state index in [-0.39, 0.29) is 17.4 Å². The zero-order chi connectivity index (χ0) is 21.1. The lowest BCUT2D eigenvalue weighted by molar-refractivity contribution is -0.129. The summed E-state index contributed by atoms with van der Waals surface area (Å²) in [5, 5.41) is 0. The predicted octanol–water partition coefficient (Wildman–Crippen LogP) is 2.71. The molecule has 1 saturated heterocycles. The maximum Gasteiger partial charge on any atom is 0.251 e. The van der Waals surface area contributed by atoms with Crippen LogP contribution in [0.3, 0.4) is 0 Å². The zero-order valence-corrected chi connectivity index (χ0v) is 17.1. The van der Waals surface area contributed by atoms with Crippen molar-refractivity contribution in [3.05, 3.63) is 76.0 Å². The fourth-order valence-electron chi connectivity index (χ4n) is 3.76. The van der Waals surface area contributed by atoms with E-state index in [0.29, 0.717) is 42.5 Å². The van der Waals surface area contributed by atoms with E-state index in [9.17, 15) is 9.59 Å². The highest BCUT2D eigenvalue weighted by Crippen LogP contribution is 2.29. The summed E-state index contributed by atoms with van der Waals surface area (Å²) in [5.41, 5.74) is 3.13. The smallest absolute Gasteiger partial charge is 0.251 e. The van der Waals surface area contributed by atoms with Gasteiger partial charge in [0, 0.05) is 31.3 Å². The van der Waals surface area contributed by atoms with Gasteiger partial charge in [-0.3, -0.25) is 9.59 Å². The second-order valence-corrected chi connectivity index (χ2v) is 7.56. The maximum atomic E-state index is 12.7. The maximum absolute atomic E-state index is 12.7. The summed E-state index contributed by atoms with van der Waals surface area (Å²) >= 11 is 0. The fraction of sp³-hybridized carbons (Fsp3) is 0.304. The minimum atomic E-state index is -0.231. The molecule has 1 amide bonds. The van der Waals surface area contributed by atoms with E-state index in [1.54, 1.807) is 12.3 Å². The summed E-state index contributed by atoms with van der Waals surface area (Å²) in [6, 6.07) is 13.1. The van der Waals surface area contributed by atoms with Crippen LogP contribution in [0, 0.1) is 6.92 Å². The molecule has 0 spiro atoms. The second kappa shape index (κ2) is 8.49. The number of aromatic amines is 1. The summed E-state index contributed by atoms with van der Waals surface area (Å²) < 4.78 is 5.30. The average Bonchev–Trinajstić information content (AvgIpc) is 3.25. The van der Waals surface area contributed by atoms with Crippen molar-refractivity contribution in [2.45, 2.75) is 25.7 Å². The summed E-state index contributed by atoms with van der Waals surface area (Å²) in [6.45, 7) is 3.22. The summed E-state index contributed by atoms with van der Waals surface area (Å²) in [5.74, 6) is 1.09. The van der Waals surface area contributed by atoms with Crippen LogP contribution in [0.1, 0.15) is 29.3 Å². The van der Waals surface area contributed by atoms with Crippen LogP contribution in [0.25, 0.3) is 11.3 Å². The number of ether oxygens (including phenoxy) is 1. The molecule has 0 aliphatic carbocycles. The molecule has 1 aliphatic rings. The number of benzene rings is 1. The van der Waals surface area contributed by atoms with Crippen molar-refractivity contribution in [2.24, 2.45) is 0 Å². The van der Waals surface area contributed by atoms with Crippen LogP contribution >= 0.6 is 0 Å². The topological polar surface area (TPSA) is 88.2 Å². The average molecular weight is 404 g/mol. The Kier molecular flexibility index (Phi) is 5.61. The van der Waals surface area contributed by atoms with E-state index in [4.69, 9.17) is 4.74 Å². The summed E-state index contributed by atoms with van der Waals surface area (Å²) in [7, 11) is 1.54. The molecule has 7 heteroatoms. The Bertz CT molecular complexity index is 1110. The van der Waals surface area contributed by atoms with Gasteiger partial charge in [-0.2, -0.15) is 0 Å². The zero-order valence-electron chi connectivity index (χ0n) is 17.1. The molecule has 1 aliphatic heterocycles. The highest BCUT2D eigenvalue weighted by atomic mass is 16.5. The Morgan fingerprint density at radius 1 is 1.27 bits per heavy atom. The van der Waals surface area contributed by atoms with Gasteiger partial charge in [-0.1, -0.05) is 29.8 Å². The van der Waals surface area contributed by atoms with Gasteiger partial charge in [-0.05, 0) is 31.0 Å². The van der Waals surface area contributed by atoms with E-state index in [0.717, 1.165) is 12.0 Å². The Morgan fingerprint density at radius 2 is 2.07 bits per heavy atom. The van der Waals surface area contributed by atoms with E-state index < -0.39 is 0 Å². The lowest BCUT2D eigenvalue weighted by atomic mass is 10.1. The van der Waals surface area contributed by atoms with Gasteiger partial charge in [-0.15, -0.1) is 0 Å². The van der Waals surface area contributed by atoms with Crippen LogP contribution in [0.4, 0.5) is 0 Å². The quantitative estimate of drug-likeness (QED) is 0.706. The fourth-order valence-corrected chi connectivity index (χ4v) is 3.76. The monoisotopic (exact) mass is 404 g/mol. The number of carbonyl (C=O) groups excluding carboxylic acids is 1. The standard InChI is InChI=1S/C23H24N4O3/c1-15-5-7-16(8-6-15)12-21(29)27-11-9-17(14-27)22-25-19(13-20(28)26-22)18-4-3-10-24-23(18)30-2/h3-8,10,13,17H,9,11-12,14H2,1-2H3,(H,25,26,28)/t17-/m0/s1. The number of hydrogen-bond acceptors (Lipinski definition) is 5. The highest BCUT2D eigenvalue weighted by molar-refractivity contribution is 5.79. The first kappa shape index (κ1) is 19.8. The van der Waals surface area contributed by atoms with Crippen LogP contribution in [0.15, 0.2) is 53.5 Å². The Morgan fingerprint density at radius 3 is 2.83 bits per heavy atom. The molecule has 30 heavy (non-hydrogen) atoms. The molecule has 1 N–H and O–H groups in total. The minimum absolute atomic E-state index is 0.0118. The highest BCUT2D eigenvalue weighted by Gasteiger charge is 2.29. The first-order valence-corrected chi connectivity index (χ1v) is 9.97. The number of aromatic nitrogens is 3. The lowest BCUT2D eigenvalue weighted by Crippen LogP contribution is -2.30. The first-order chi connectivity index (χ1) is 14.5. The van der Waals surface area contributed by atoms with Crippen molar-refractivity contribution in [1.82, 2.24) is 19.9 Å². The van der Waals surface area contributed by atoms with Crippen molar-refractivity contribution in [1.29, 1.82) is 0 Å². The van der Waals surface area contributed by atoms with Gasteiger partial charge in [0.15, 0.2) is 0 Å². The molecule has 0 saturated carbocycles. The first-order valence-electron chi connectivity index (χ1n) is 9.97. The number of amides is 1. The normalized spacial score (nSPS) is 15.9. The molecule has 0 radical (unpaired) electrons. The van der Waals surface area contributed by atoms with Crippen LogP contribution in [0.2, 0.25) is 0 Å². The van der Waals surface area contributed by atoms with Gasteiger partial charge in [0.2, 0.25) is 11.8 Å². The molecule has 2 aromatic heterocycles. The Hall–Kier alpha value is -3.48. The molecule has 0 bridgehead atoms. The van der Waals surface area contributed by atoms with Crippen molar-refractivity contribution in [3.63, 3.8) is 0 Å². The van der Waals surface area contributed by atoms with Gasteiger partial charge in [-0.25, -0.2) is 9.97 Å². The molecule has 1 atom stereocenters. The molecule has 1 aromatic carbocycles. The van der Waals surface area contributed by atoms with Crippen molar-refractivity contribution >= 4 is 5.91 Å². The largest absolute Gasteiger partial charge is 0.481 e. The van der Waals surface area contributed by atoms with Crippen LogP contribution < -0.4 is 10.3 Å². The number of aryl methyl sites for hydroxylation is 1. The molecule has 3 heterocycles. The number of nitrogens with zero attached hydrogens (tertiary/aromatic N) is 3. The van der Waals surface area contributed by atoms with Gasteiger partial charge >= 0.3 is 0 Å². The number of likely N-dealkylation sites (tertiary alicyclic amines) is 1. The number of pyridine rings is 1. The van der Waals surface area contributed by atoms with E-state index in [1.807, 2.05) is 42.2 Å². The third-order valence-corrected chi connectivity index (χ3v) is 5.40. The number of methoxy groups -OCH3 is 1. The van der Waals surface area contributed by atoms with Crippen molar-refractivity contribution in [3.8, 4) is 17.1 Å². The van der Waals surface area contributed by atoms with E-state index >= 15 is 0 Å². The van der Waals surface area contributed by atoms with Gasteiger partial charge < -0.3 is 14.6 Å². The number of carbonyl (C=O) groups is 1. The number of hydrogen-bond donors (Lipinski definition) is 1. The van der Waals surface area contributed by atoms with E-state index in [1.165, 1.54) is 18.7 Å². The van der Waals surface area contributed by atoms with Crippen LogP contribution in [-0.2, 0) is 11.2 Å². The molecule has 4 rings (SSSR count). The van der Waals surface area contributed by atoms with Gasteiger partial charge in [0.1, 0.15) is 5.82 Å². The summed E-state index contributed by atoms with van der Waals surface area (Å²) in [4.78, 5) is 38.6. The van der Waals surface area contributed by atoms with E-state index in [2.05, 4.69) is 15.0 Å². The van der Waals surface area contributed by atoms with Gasteiger partial charge in [0.25, 0.3) is 5.56 Å². The molecular formula is C23H24N4O3.